The molecule has 2 atom stereocenters. The average molecular weight is 446 g/mol. The van der Waals surface area contributed by atoms with Crippen LogP contribution in [0.3, 0.4) is 0 Å². The van der Waals surface area contributed by atoms with Gasteiger partial charge in [-0.25, -0.2) is 4.79 Å². The Bertz CT molecular complexity index is 989. The van der Waals surface area contributed by atoms with Crippen molar-refractivity contribution in [3.63, 3.8) is 0 Å². The number of hydrogen-bond acceptors (Lipinski definition) is 4. The molecule has 5 rings (SSSR count). The highest BCUT2D eigenvalue weighted by molar-refractivity contribution is 8.00. The van der Waals surface area contributed by atoms with Crippen LogP contribution < -0.4 is 0 Å². The maximum atomic E-state index is 12.9. The minimum Gasteiger partial charge on any atom is -0.445 e. The van der Waals surface area contributed by atoms with Gasteiger partial charge in [0, 0.05) is 12.3 Å². The Balaban J connectivity index is 1.34. The van der Waals surface area contributed by atoms with Crippen LogP contribution in [-0.4, -0.2) is 35.4 Å². The molecule has 0 N–H and O–H groups in total. The van der Waals surface area contributed by atoms with E-state index in [9.17, 15) is 4.79 Å². The van der Waals surface area contributed by atoms with Crippen LogP contribution in [0.5, 0.6) is 0 Å². The molecular weight excluding hydrogens is 418 g/mol. The van der Waals surface area contributed by atoms with Gasteiger partial charge in [-0.05, 0) is 29.5 Å². The summed E-state index contributed by atoms with van der Waals surface area (Å²) >= 11 is 1.81. The summed E-state index contributed by atoms with van der Waals surface area (Å²) in [6, 6.07) is 30.6. The van der Waals surface area contributed by atoms with Gasteiger partial charge in [-0.3, -0.25) is 0 Å². The van der Waals surface area contributed by atoms with E-state index >= 15 is 0 Å². The lowest BCUT2D eigenvalue weighted by Crippen LogP contribution is -2.44. The number of likely N-dealkylation sites (tertiary alicyclic amines) is 1. The lowest BCUT2D eigenvalue weighted by Gasteiger charge is -2.33. The molecule has 0 aliphatic carbocycles. The molecule has 4 nitrogen and oxygen atoms in total. The van der Waals surface area contributed by atoms with Crippen LogP contribution >= 0.6 is 11.8 Å². The van der Waals surface area contributed by atoms with E-state index in [2.05, 4.69) is 48.5 Å². The van der Waals surface area contributed by atoms with Gasteiger partial charge in [-0.1, -0.05) is 91.0 Å². The van der Waals surface area contributed by atoms with E-state index in [1.54, 1.807) is 0 Å². The molecule has 2 saturated heterocycles. The molecule has 0 unspecified atom stereocenters. The second-order valence-corrected chi connectivity index (χ2v) is 9.46. The van der Waals surface area contributed by atoms with Crippen LogP contribution in [0.1, 0.15) is 29.5 Å². The number of benzene rings is 3. The third kappa shape index (κ3) is 4.15. The first-order valence-corrected chi connectivity index (χ1v) is 12.1. The predicted octanol–water partition coefficient (Wildman–Crippen LogP) is 5.82. The number of nitrogens with zero attached hydrogens (tertiary/aromatic N) is 1. The van der Waals surface area contributed by atoms with Crippen molar-refractivity contribution in [2.45, 2.75) is 36.5 Å². The van der Waals surface area contributed by atoms with Crippen molar-refractivity contribution in [3.05, 3.63) is 108 Å². The quantitative estimate of drug-likeness (QED) is 0.496. The molecule has 2 aliphatic heterocycles. The lowest BCUT2D eigenvalue weighted by molar-refractivity contribution is -0.0262. The molecule has 0 saturated carbocycles. The van der Waals surface area contributed by atoms with Gasteiger partial charge in [-0.2, -0.15) is 0 Å². The summed E-state index contributed by atoms with van der Waals surface area (Å²) in [6.07, 6.45) is 1.61. The number of carbonyl (C=O) groups excluding carboxylic acids is 1. The maximum absolute atomic E-state index is 12.9. The molecular formula is C27H27NO3S. The molecule has 2 fully saturated rings. The van der Waals surface area contributed by atoms with Gasteiger partial charge >= 0.3 is 6.09 Å². The largest absolute Gasteiger partial charge is 0.445 e. The fourth-order valence-electron chi connectivity index (χ4n) is 4.66. The molecule has 3 aromatic carbocycles. The normalized spacial score (nSPS) is 22.1. The van der Waals surface area contributed by atoms with Crippen molar-refractivity contribution in [2.75, 3.05) is 12.3 Å². The predicted molar refractivity (Wildman–Crippen MR) is 127 cm³/mol. The Labute approximate surface area is 193 Å². The second-order valence-electron chi connectivity index (χ2n) is 8.26. The lowest BCUT2D eigenvalue weighted by atomic mass is 10.00. The summed E-state index contributed by atoms with van der Waals surface area (Å²) in [5, 5.41) is 0. The van der Waals surface area contributed by atoms with Gasteiger partial charge in [0.15, 0.2) is 4.93 Å². The Morgan fingerprint density at radius 3 is 2.16 bits per heavy atom. The van der Waals surface area contributed by atoms with E-state index in [1.807, 2.05) is 59.1 Å². The summed E-state index contributed by atoms with van der Waals surface area (Å²) in [4.78, 5) is 14.2. The third-order valence-electron chi connectivity index (χ3n) is 6.24. The van der Waals surface area contributed by atoms with Crippen LogP contribution in [0.15, 0.2) is 91.0 Å². The molecule has 0 bridgehead atoms. The molecule has 0 aromatic heterocycles. The monoisotopic (exact) mass is 445 g/mol. The number of amides is 1. The van der Waals surface area contributed by atoms with Gasteiger partial charge in [0.25, 0.3) is 0 Å². The summed E-state index contributed by atoms with van der Waals surface area (Å²) in [6.45, 7) is 1.01. The Morgan fingerprint density at radius 2 is 1.53 bits per heavy atom. The van der Waals surface area contributed by atoms with Crippen molar-refractivity contribution in [1.29, 1.82) is 0 Å². The number of rotatable bonds is 5. The zero-order chi connectivity index (χ0) is 21.8. The number of thioether (sulfide) groups is 1. The molecule has 0 spiro atoms. The Kier molecular flexibility index (Phi) is 6.19. The van der Waals surface area contributed by atoms with E-state index < -0.39 is 4.93 Å². The number of ether oxygens (including phenoxy) is 2. The van der Waals surface area contributed by atoms with Gasteiger partial charge in [0.1, 0.15) is 6.61 Å². The first-order valence-electron chi connectivity index (χ1n) is 11.2. The number of carbonyl (C=O) groups is 1. The van der Waals surface area contributed by atoms with Crippen molar-refractivity contribution in [2.24, 2.45) is 0 Å². The molecule has 2 heterocycles. The molecule has 164 valence electrons. The first-order chi connectivity index (χ1) is 15.8. The zero-order valence-electron chi connectivity index (χ0n) is 17.9. The standard InChI is InChI=1S/C27H27NO3S/c29-26(30-19-21-11-4-1-5-12-21)28-18-10-17-24(28)25-20-32-27(31-25,22-13-6-2-7-14-22)23-15-8-3-9-16-23/h1-9,11-16,24-25H,10,17-20H2/t24-,25+/m0/s1. The van der Waals surface area contributed by atoms with Crippen LogP contribution in [0.2, 0.25) is 0 Å². The van der Waals surface area contributed by atoms with Gasteiger partial charge in [-0.15, -0.1) is 11.8 Å². The topological polar surface area (TPSA) is 38.8 Å². The van der Waals surface area contributed by atoms with E-state index in [0.29, 0.717) is 13.2 Å². The fraction of sp³-hybridized carbons (Fsp3) is 0.296. The van der Waals surface area contributed by atoms with Gasteiger partial charge in [0.05, 0.1) is 12.1 Å². The second kappa shape index (κ2) is 9.39. The van der Waals surface area contributed by atoms with E-state index in [4.69, 9.17) is 9.47 Å². The van der Waals surface area contributed by atoms with Crippen molar-refractivity contribution >= 4 is 17.9 Å². The highest BCUT2D eigenvalue weighted by atomic mass is 32.2. The van der Waals surface area contributed by atoms with Crippen LogP contribution in [-0.2, 0) is 21.0 Å². The minimum atomic E-state index is -0.560. The summed E-state index contributed by atoms with van der Waals surface area (Å²) in [5.41, 5.74) is 3.27. The maximum Gasteiger partial charge on any atom is 0.410 e. The highest BCUT2D eigenvalue weighted by Crippen LogP contribution is 2.51. The van der Waals surface area contributed by atoms with Gasteiger partial charge in [0.2, 0.25) is 0 Å². The molecule has 32 heavy (non-hydrogen) atoms. The smallest absolute Gasteiger partial charge is 0.410 e. The zero-order valence-corrected chi connectivity index (χ0v) is 18.7. The van der Waals surface area contributed by atoms with Crippen molar-refractivity contribution < 1.29 is 14.3 Å². The van der Waals surface area contributed by atoms with Crippen LogP contribution in [0, 0.1) is 0 Å². The van der Waals surface area contributed by atoms with Crippen LogP contribution in [0.4, 0.5) is 4.79 Å². The highest BCUT2D eigenvalue weighted by Gasteiger charge is 2.49. The SMILES string of the molecule is O=C(OCc1ccccc1)N1CCC[C@H]1[C@H]1CSC(c2ccccc2)(c2ccccc2)O1. The summed E-state index contributed by atoms with van der Waals surface area (Å²) in [7, 11) is 0. The van der Waals surface area contributed by atoms with E-state index in [-0.39, 0.29) is 18.2 Å². The van der Waals surface area contributed by atoms with E-state index in [1.165, 1.54) is 0 Å². The molecule has 3 aromatic rings. The summed E-state index contributed by atoms with van der Waals surface area (Å²) in [5.74, 6) is 0.830. The fourth-order valence-corrected chi connectivity index (χ4v) is 6.15. The Morgan fingerprint density at radius 1 is 0.938 bits per heavy atom. The van der Waals surface area contributed by atoms with Crippen molar-refractivity contribution in [3.8, 4) is 0 Å². The minimum absolute atomic E-state index is 0.0278. The average Bonchev–Trinajstić information content (AvgIpc) is 3.53. The van der Waals surface area contributed by atoms with Crippen molar-refractivity contribution in [1.82, 2.24) is 4.90 Å². The molecule has 5 heteroatoms. The Hall–Kier alpha value is -2.76. The summed E-state index contributed by atoms with van der Waals surface area (Å²) < 4.78 is 12.5. The molecule has 0 radical (unpaired) electrons. The third-order valence-corrected chi connectivity index (χ3v) is 7.71. The number of hydrogen-bond donors (Lipinski definition) is 0. The van der Waals surface area contributed by atoms with Gasteiger partial charge < -0.3 is 14.4 Å². The van der Waals surface area contributed by atoms with Crippen LogP contribution in [0.25, 0.3) is 0 Å². The first kappa shape index (κ1) is 21.1. The van der Waals surface area contributed by atoms with E-state index in [0.717, 1.165) is 35.3 Å². The molecule has 1 amide bonds. The molecule has 2 aliphatic rings.